The molecule has 4 rings (SSSR count). The van der Waals surface area contributed by atoms with E-state index < -0.39 is 6.10 Å². The number of benzene rings is 1. The normalized spacial score (nSPS) is 13.1. The maximum absolute atomic E-state index is 10.5. The molecule has 1 unspecified atom stereocenters. The molecule has 0 saturated heterocycles. The van der Waals surface area contributed by atoms with Gasteiger partial charge in [0.1, 0.15) is 11.8 Å². The first kappa shape index (κ1) is 11.3. The highest BCUT2D eigenvalue weighted by Gasteiger charge is 2.14. The molecule has 3 aromatic heterocycles. The van der Waals surface area contributed by atoms with E-state index in [1.807, 2.05) is 65.5 Å². The lowest BCUT2D eigenvalue weighted by Gasteiger charge is -2.08. The third kappa shape index (κ3) is 1.70. The number of aromatic nitrogens is 3. The number of imidazole rings is 1. The Bertz CT molecular complexity index is 856. The number of rotatable bonds is 2. The van der Waals surface area contributed by atoms with Gasteiger partial charge in [0.05, 0.1) is 5.69 Å². The summed E-state index contributed by atoms with van der Waals surface area (Å²) in [6.45, 7) is 0. The van der Waals surface area contributed by atoms with E-state index >= 15 is 0 Å². The van der Waals surface area contributed by atoms with Crippen LogP contribution in [-0.2, 0) is 0 Å². The molecule has 0 radical (unpaired) electrons. The third-order valence-electron chi connectivity index (χ3n) is 3.56. The van der Waals surface area contributed by atoms with Crippen LogP contribution in [-0.4, -0.2) is 19.5 Å². The van der Waals surface area contributed by atoms with Gasteiger partial charge in [0, 0.05) is 24.1 Å². The molecule has 3 heterocycles. The summed E-state index contributed by atoms with van der Waals surface area (Å²) in [5.41, 5.74) is 3.41. The van der Waals surface area contributed by atoms with Gasteiger partial charge >= 0.3 is 0 Å². The minimum atomic E-state index is -0.714. The molecule has 1 aromatic carbocycles. The number of pyridine rings is 1. The third-order valence-corrected chi connectivity index (χ3v) is 3.56. The molecule has 2 N–H and O–H groups in total. The molecular formula is C16H13N3O. The molecule has 4 aromatic rings. The number of aliphatic hydroxyl groups is 1. The van der Waals surface area contributed by atoms with Gasteiger partial charge in [-0.2, -0.15) is 0 Å². The second-order valence-electron chi connectivity index (χ2n) is 4.86. The molecule has 0 saturated carbocycles. The average Bonchev–Trinajstić information content (AvgIpc) is 3.11. The van der Waals surface area contributed by atoms with E-state index in [2.05, 4.69) is 9.97 Å². The van der Waals surface area contributed by atoms with E-state index in [1.165, 1.54) is 0 Å². The van der Waals surface area contributed by atoms with Crippen LogP contribution in [0.1, 0.15) is 17.4 Å². The van der Waals surface area contributed by atoms with Crippen LogP contribution in [0.15, 0.2) is 61.1 Å². The maximum Gasteiger partial charge on any atom is 0.137 e. The number of aliphatic hydroxyl groups excluding tert-OH is 1. The first-order valence-electron chi connectivity index (χ1n) is 6.50. The molecule has 98 valence electrons. The number of fused-ring (bicyclic) bond motifs is 2. The number of nitrogens with zero attached hydrogens (tertiary/aromatic N) is 2. The molecule has 0 bridgehead atoms. The zero-order valence-corrected chi connectivity index (χ0v) is 10.7. The highest BCUT2D eigenvalue weighted by molar-refractivity contribution is 5.80. The second kappa shape index (κ2) is 4.21. The number of nitrogens with one attached hydrogen (secondary N) is 1. The van der Waals surface area contributed by atoms with E-state index in [-0.39, 0.29) is 0 Å². The van der Waals surface area contributed by atoms with Crippen LogP contribution in [0, 0.1) is 0 Å². The Morgan fingerprint density at radius 2 is 2.10 bits per heavy atom. The van der Waals surface area contributed by atoms with E-state index in [0.29, 0.717) is 5.69 Å². The lowest BCUT2D eigenvalue weighted by molar-refractivity contribution is 0.216. The van der Waals surface area contributed by atoms with E-state index in [0.717, 1.165) is 22.1 Å². The van der Waals surface area contributed by atoms with Gasteiger partial charge in [0.2, 0.25) is 0 Å². The van der Waals surface area contributed by atoms with Crippen molar-refractivity contribution in [2.45, 2.75) is 6.10 Å². The maximum atomic E-state index is 10.5. The predicted octanol–water partition coefficient (Wildman–Crippen LogP) is 2.90. The second-order valence-corrected chi connectivity index (χ2v) is 4.86. The zero-order valence-electron chi connectivity index (χ0n) is 10.7. The smallest absolute Gasteiger partial charge is 0.137 e. The summed E-state index contributed by atoms with van der Waals surface area (Å²) in [5.74, 6) is 0. The molecule has 0 aliphatic heterocycles. The van der Waals surface area contributed by atoms with Crippen LogP contribution in [0.3, 0.4) is 0 Å². The van der Waals surface area contributed by atoms with Gasteiger partial charge in [0.25, 0.3) is 0 Å². The van der Waals surface area contributed by atoms with Gasteiger partial charge < -0.3 is 14.5 Å². The van der Waals surface area contributed by atoms with Crippen LogP contribution in [0.2, 0.25) is 0 Å². The van der Waals surface area contributed by atoms with Crippen molar-refractivity contribution in [3.63, 3.8) is 0 Å². The quantitative estimate of drug-likeness (QED) is 0.584. The number of hydrogen-bond acceptors (Lipinski definition) is 2. The summed E-state index contributed by atoms with van der Waals surface area (Å²) < 4.78 is 1.91. The molecular weight excluding hydrogens is 250 g/mol. The lowest BCUT2D eigenvalue weighted by atomic mass is 10.1. The average molecular weight is 263 g/mol. The highest BCUT2D eigenvalue weighted by atomic mass is 16.3. The van der Waals surface area contributed by atoms with Crippen molar-refractivity contribution in [2.24, 2.45) is 0 Å². The van der Waals surface area contributed by atoms with Crippen LogP contribution in [0.25, 0.3) is 16.6 Å². The Kier molecular flexibility index (Phi) is 2.37. The molecule has 4 nitrogen and oxygen atoms in total. The fourth-order valence-corrected chi connectivity index (χ4v) is 2.50. The van der Waals surface area contributed by atoms with Crippen LogP contribution < -0.4 is 0 Å². The topological polar surface area (TPSA) is 53.3 Å². The minimum Gasteiger partial charge on any atom is -0.382 e. The molecule has 0 fully saturated rings. The Morgan fingerprint density at radius 1 is 1.15 bits per heavy atom. The van der Waals surface area contributed by atoms with Crippen LogP contribution >= 0.6 is 0 Å². The molecule has 1 atom stereocenters. The Morgan fingerprint density at radius 3 is 3.00 bits per heavy atom. The summed E-state index contributed by atoms with van der Waals surface area (Å²) in [6.07, 6.45) is 4.97. The standard InChI is InChI=1S/C16H13N3O/c20-16(12-4-5-13-11(9-12)6-7-17-13)14-10-19-8-2-1-3-15(19)18-14/h1-10,16-17,20H. The molecule has 0 aliphatic rings. The monoisotopic (exact) mass is 263 g/mol. The Hall–Kier alpha value is -2.59. The van der Waals surface area contributed by atoms with Crippen molar-refractivity contribution in [2.75, 3.05) is 0 Å². The molecule has 0 spiro atoms. The van der Waals surface area contributed by atoms with E-state index in [9.17, 15) is 5.11 Å². The fourth-order valence-electron chi connectivity index (χ4n) is 2.50. The van der Waals surface area contributed by atoms with Crippen molar-refractivity contribution >= 4 is 16.6 Å². The van der Waals surface area contributed by atoms with Crippen molar-refractivity contribution in [3.05, 3.63) is 72.3 Å². The Labute approximate surface area is 115 Å². The van der Waals surface area contributed by atoms with Crippen molar-refractivity contribution in [1.82, 2.24) is 14.4 Å². The molecule has 4 heteroatoms. The van der Waals surface area contributed by atoms with Crippen molar-refractivity contribution < 1.29 is 5.11 Å². The van der Waals surface area contributed by atoms with Gasteiger partial charge in [-0.1, -0.05) is 12.1 Å². The number of hydrogen-bond donors (Lipinski definition) is 2. The first-order chi connectivity index (χ1) is 9.81. The predicted molar refractivity (Wildman–Crippen MR) is 77.6 cm³/mol. The van der Waals surface area contributed by atoms with Crippen molar-refractivity contribution in [3.8, 4) is 0 Å². The summed E-state index contributed by atoms with van der Waals surface area (Å²) in [4.78, 5) is 7.61. The van der Waals surface area contributed by atoms with E-state index in [1.54, 1.807) is 0 Å². The first-order valence-corrected chi connectivity index (χ1v) is 6.50. The fraction of sp³-hybridized carbons (Fsp3) is 0.0625. The Balaban J connectivity index is 1.79. The van der Waals surface area contributed by atoms with Gasteiger partial charge in [-0.25, -0.2) is 4.98 Å². The summed E-state index contributed by atoms with van der Waals surface area (Å²) >= 11 is 0. The van der Waals surface area contributed by atoms with Gasteiger partial charge in [-0.3, -0.25) is 0 Å². The number of H-pyrrole nitrogens is 1. The number of aromatic amines is 1. The van der Waals surface area contributed by atoms with Gasteiger partial charge in [-0.15, -0.1) is 0 Å². The summed E-state index contributed by atoms with van der Waals surface area (Å²) in [5, 5.41) is 11.6. The van der Waals surface area contributed by atoms with Crippen LogP contribution in [0.5, 0.6) is 0 Å². The van der Waals surface area contributed by atoms with Crippen molar-refractivity contribution in [1.29, 1.82) is 0 Å². The molecule has 20 heavy (non-hydrogen) atoms. The molecule has 0 amide bonds. The molecule has 0 aliphatic carbocycles. The summed E-state index contributed by atoms with van der Waals surface area (Å²) in [6, 6.07) is 13.7. The van der Waals surface area contributed by atoms with Gasteiger partial charge in [-0.05, 0) is 41.3 Å². The SMILES string of the molecule is OC(c1ccc2[nH]ccc2c1)c1cn2ccccc2n1. The zero-order chi connectivity index (χ0) is 13.5. The highest BCUT2D eigenvalue weighted by Crippen LogP contribution is 2.24. The van der Waals surface area contributed by atoms with Gasteiger partial charge in [0.15, 0.2) is 0 Å². The minimum absolute atomic E-state index is 0.658. The largest absolute Gasteiger partial charge is 0.382 e. The van der Waals surface area contributed by atoms with E-state index in [4.69, 9.17) is 0 Å². The summed E-state index contributed by atoms with van der Waals surface area (Å²) in [7, 11) is 0. The van der Waals surface area contributed by atoms with Crippen LogP contribution in [0.4, 0.5) is 0 Å². The lowest BCUT2D eigenvalue weighted by Crippen LogP contribution is -1.99.